The zero-order chi connectivity index (χ0) is 14.5. The summed E-state index contributed by atoms with van der Waals surface area (Å²) in [6.45, 7) is 1.56. The van der Waals surface area contributed by atoms with E-state index in [1.807, 2.05) is 30.3 Å². The zero-order valence-corrected chi connectivity index (χ0v) is 12.5. The number of halogens is 1. The van der Waals surface area contributed by atoms with Gasteiger partial charge in [0.15, 0.2) is 0 Å². The summed E-state index contributed by atoms with van der Waals surface area (Å²) in [5.74, 6) is 0.905. The molecule has 106 valence electrons. The first-order valence-electron chi connectivity index (χ1n) is 6.44. The molecule has 2 aromatic rings. The van der Waals surface area contributed by atoms with Crippen LogP contribution in [0.2, 0.25) is 5.02 Å². The molecule has 3 nitrogen and oxygen atoms in total. The van der Waals surface area contributed by atoms with Crippen LogP contribution in [0.25, 0.3) is 0 Å². The molecule has 0 spiro atoms. The minimum atomic E-state index is 0.686. The minimum Gasteiger partial charge on any atom is -0.496 e. The zero-order valence-electron chi connectivity index (χ0n) is 11.8. The summed E-state index contributed by atoms with van der Waals surface area (Å²) in [5, 5.41) is 0.705. The molecular formula is C16H19ClN2O. The predicted molar refractivity (Wildman–Crippen MR) is 84.0 cm³/mol. The molecule has 0 atom stereocenters. The molecule has 0 heterocycles. The number of rotatable bonds is 5. The number of nitrogens with two attached hydrogens (primary N) is 1. The Morgan fingerprint density at radius 1 is 1.10 bits per heavy atom. The van der Waals surface area contributed by atoms with Crippen LogP contribution in [-0.4, -0.2) is 19.1 Å². The predicted octanol–water partition coefficient (Wildman–Crippen LogP) is 3.56. The minimum absolute atomic E-state index is 0.686. The van der Waals surface area contributed by atoms with Crippen LogP contribution in [0, 0.1) is 0 Å². The first kappa shape index (κ1) is 14.7. The molecule has 0 bridgehead atoms. The highest BCUT2D eigenvalue weighted by Gasteiger charge is 2.08. The maximum Gasteiger partial charge on any atom is 0.123 e. The highest BCUT2D eigenvalue weighted by Crippen LogP contribution is 2.23. The van der Waals surface area contributed by atoms with Gasteiger partial charge in [-0.05, 0) is 30.8 Å². The highest BCUT2D eigenvalue weighted by molar-refractivity contribution is 6.31. The van der Waals surface area contributed by atoms with Crippen molar-refractivity contribution < 1.29 is 4.74 Å². The van der Waals surface area contributed by atoms with Crippen LogP contribution in [0.5, 0.6) is 5.75 Å². The van der Waals surface area contributed by atoms with Crippen molar-refractivity contribution in [3.63, 3.8) is 0 Å². The van der Waals surface area contributed by atoms with Crippen molar-refractivity contribution in [3.8, 4) is 5.75 Å². The molecule has 2 aromatic carbocycles. The Hall–Kier alpha value is -1.71. The summed E-state index contributed by atoms with van der Waals surface area (Å²) in [4.78, 5) is 2.19. The van der Waals surface area contributed by atoms with Crippen molar-refractivity contribution >= 4 is 17.3 Å². The maximum atomic E-state index is 6.20. The van der Waals surface area contributed by atoms with Crippen molar-refractivity contribution in [2.75, 3.05) is 19.9 Å². The number of hydrogen-bond donors (Lipinski definition) is 1. The fourth-order valence-corrected chi connectivity index (χ4v) is 2.41. The number of nitrogen functional groups attached to an aromatic ring is 1. The van der Waals surface area contributed by atoms with E-state index in [0.717, 1.165) is 30.0 Å². The second kappa shape index (κ2) is 6.64. The Labute approximate surface area is 124 Å². The molecule has 0 aliphatic rings. The number of nitrogens with zero attached hydrogens (tertiary/aromatic N) is 1. The number of ether oxygens (including phenoxy) is 1. The van der Waals surface area contributed by atoms with Gasteiger partial charge in [-0.25, -0.2) is 0 Å². The summed E-state index contributed by atoms with van der Waals surface area (Å²) in [6, 6.07) is 13.7. The van der Waals surface area contributed by atoms with Crippen molar-refractivity contribution in [2.45, 2.75) is 13.1 Å². The third kappa shape index (κ3) is 3.65. The SMILES string of the molecule is COc1ccccc1CN(C)Cc1ccc(N)cc1Cl. The molecule has 2 rings (SSSR count). The van der Waals surface area contributed by atoms with E-state index in [1.54, 1.807) is 13.2 Å². The standard InChI is InChI=1S/C16H19ClN2O/c1-19(10-12-7-8-14(18)9-15(12)17)11-13-5-3-4-6-16(13)20-2/h3-9H,10-11,18H2,1-2H3. The van der Waals surface area contributed by atoms with Gasteiger partial charge in [0.25, 0.3) is 0 Å². The van der Waals surface area contributed by atoms with E-state index in [9.17, 15) is 0 Å². The lowest BCUT2D eigenvalue weighted by Crippen LogP contribution is -2.18. The number of hydrogen-bond acceptors (Lipinski definition) is 3. The van der Waals surface area contributed by atoms with Crippen LogP contribution in [0.15, 0.2) is 42.5 Å². The number of anilines is 1. The Kier molecular flexibility index (Phi) is 4.88. The van der Waals surface area contributed by atoms with Gasteiger partial charge in [0.1, 0.15) is 5.75 Å². The monoisotopic (exact) mass is 290 g/mol. The number of para-hydroxylation sites is 1. The Morgan fingerprint density at radius 3 is 2.50 bits per heavy atom. The summed E-state index contributed by atoms with van der Waals surface area (Å²) in [7, 11) is 3.74. The molecule has 0 saturated heterocycles. The van der Waals surface area contributed by atoms with Gasteiger partial charge in [-0.15, -0.1) is 0 Å². The van der Waals surface area contributed by atoms with Gasteiger partial charge in [0.2, 0.25) is 0 Å². The van der Waals surface area contributed by atoms with Gasteiger partial charge < -0.3 is 10.5 Å². The molecule has 0 saturated carbocycles. The molecule has 0 amide bonds. The summed E-state index contributed by atoms with van der Waals surface area (Å²) in [5.41, 5.74) is 8.62. The average molecular weight is 291 g/mol. The van der Waals surface area contributed by atoms with Gasteiger partial charge in [-0.3, -0.25) is 4.90 Å². The largest absolute Gasteiger partial charge is 0.496 e. The van der Waals surface area contributed by atoms with Crippen LogP contribution >= 0.6 is 11.6 Å². The Balaban J connectivity index is 2.07. The third-order valence-electron chi connectivity index (χ3n) is 3.15. The molecular weight excluding hydrogens is 272 g/mol. The second-order valence-electron chi connectivity index (χ2n) is 4.83. The summed E-state index contributed by atoms with van der Waals surface area (Å²) >= 11 is 6.20. The van der Waals surface area contributed by atoms with Crippen molar-refractivity contribution in [1.29, 1.82) is 0 Å². The fraction of sp³-hybridized carbons (Fsp3) is 0.250. The molecule has 0 fully saturated rings. The van der Waals surface area contributed by atoms with E-state index in [4.69, 9.17) is 22.1 Å². The lowest BCUT2D eigenvalue weighted by atomic mass is 10.1. The van der Waals surface area contributed by atoms with Gasteiger partial charge in [-0.2, -0.15) is 0 Å². The molecule has 0 unspecified atom stereocenters. The van der Waals surface area contributed by atoms with Gasteiger partial charge >= 0.3 is 0 Å². The average Bonchev–Trinajstić information content (AvgIpc) is 2.42. The van der Waals surface area contributed by atoms with Crippen molar-refractivity contribution in [2.24, 2.45) is 0 Å². The molecule has 0 aliphatic heterocycles. The maximum absolute atomic E-state index is 6.20. The van der Waals surface area contributed by atoms with Gasteiger partial charge in [-0.1, -0.05) is 35.9 Å². The van der Waals surface area contributed by atoms with E-state index in [1.165, 1.54) is 0 Å². The van der Waals surface area contributed by atoms with E-state index in [-0.39, 0.29) is 0 Å². The van der Waals surface area contributed by atoms with Crippen LogP contribution in [0.4, 0.5) is 5.69 Å². The first-order chi connectivity index (χ1) is 9.60. The van der Waals surface area contributed by atoms with Crippen LogP contribution in [0.3, 0.4) is 0 Å². The Bertz CT molecular complexity index is 586. The van der Waals surface area contributed by atoms with Gasteiger partial charge in [0, 0.05) is 29.4 Å². The fourth-order valence-electron chi connectivity index (χ4n) is 2.16. The third-order valence-corrected chi connectivity index (χ3v) is 3.50. The molecule has 0 radical (unpaired) electrons. The highest BCUT2D eigenvalue weighted by atomic mass is 35.5. The second-order valence-corrected chi connectivity index (χ2v) is 5.24. The molecule has 4 heteroatoms. The normalized spacial score (nSPS) is 10.8. The number of benzene rings is 2. The van der Waals surface area contributed by atoms with Crippen LogP contribution < -0.4 is 10.5 Å². The quantitative estimate of drug-likeness (QED) is 0.856. The molecule has 20 heavy (non-hydrogen) atoms. The van der Waals surface area contributed by atoms with Crippen molar-refractivity contribution in [1.82, 2.24) is 4.90 Å². The molecule has 0 aromatic heterocycles. The van der Waals surface area contributed by atoms with E-state index in [2.05, 4.69) is 18.0 Å². The first-order valence-corrected chi connectivity index (χ1v) is 6.82. The lowest BCUT2D eigenvalue weighted by molar-refractivity contribution is 0.310. The lowest BCUT2D eigenvalue weighted by Gasteiger charge is -2.19. The van der Waals surface area contributed by atoms with Crippen LogP contribution in [0.1, 0.15) is 11.1 Å². The van der Waals surface area contributed by atoms with E-state index >= 15 is 0 Å². The van der Waals surface area contributed by atoms with E-state index in [0.29, 0.717) is 10.7 Å². The van der Waals surface area contributed by atoms with Gasteiger partial charge in [0.05, 0.1) is 7.11 Å². The Morgan fingerprint density at radius 2 is 1.80 bits per heavy atom. The van der Waals surface area contributed by atoms with E-state index < -0.39 is 0 Å². The topological polar surface area (TPSA) is 38.5 Å². The van der Waals surface area contributed by atoms with Crippen molar-refractivity contribution in [3.05, 3.63) is 58.6 Å². The summed E-state index contributed by atoms with van der Waals surface area (Å²) in [6.07, 6.45) is 0. The van der Waals surface area contributed by atoms with Crippen LogP contribution in [-0.2, 0) is 13.1 Å². The number of methoxy groups -OCH3 is 1. The molecule has 2 N–H and O–H groups in total. The summed E-state index contributed by atoms with van der Waals surface area (Å²) < 4.78 is 5.37. The molecule has 0 aliphatic carbocycles. The smallest absolute Gasteiger partial charge is 0.123 e.